The zero-order valence-electron chi connectivity index (χ0n) is 11.9. The summed E-state index contributed by atoms with van der Waals surface area (Å²) in [5, 5.41) is -2.75. The summed E-state index contributed by atoms with van der Waals surface area (Å²) in [4.78, 5) is 36.3. The Labute approximate surface area is 120 Å². The van der Waals surface area contributed by atoms with Crippen LogP contribution in [0.25, 0.3) is 0 Å². The average Bonchev–Trinajstić information content (AvgIpc) is 2.29. The summed E-state index contributed by atoms with van der Waals surface area (Å²) in [6, 6.07) is 0. The molecule has 9 heteroatoms. The maximum Gasteiger partial charge on any atom is 0.357 e. The van der Waals surface area contributed by atoms with E-state index in [1.54, 1.807) is 0 Å². The second-order valence-corrected chi connectivity index (χ2v) is 9.32. The Kier molecular flexibility index (Phi) is 8.75. The first-order valence-corrected chi connectivity index (χ1v) is 10.2. The van der Waals surface area contributed by atoms with Crippen LogP contribution in [-0.4, -0.2) is 24.6 Å². The molecule has 0 saturated carbocycles. The fraction of sp³-hybridized carbons (Fsp3) is 1.00. The van der Waals surface area contributed by atoms with Gasteiger partial charge >= 0.3 is 15.2 Å². The molecule has 0 rings (SSSR count). The lowest BCUT2D eigenvalue weighted by Crippen LogP contribution is -2.39. The van der Waals surface area contributed by atoms with Gasteiger partial charge in [-0.05, 0) is 6.42 Å². The highest BCUT2D eigenvalue weighted by atomic mass is 31.2. The Morgan fingerprint density at radius 3 is 1.50 bits per heavy atom. The highest BCUT2D eigenvalue weighted by Crippen LogP contribution is 2.67. The van der Waals surface area contributed by atoms with Gasteiger partial charge < -0.3 is 25.3 Å². The summed E-state index contributed by atoms with van der Waals surface area (Å²) in [5.41, 5.74) is 5.31. The minimum atomic E-state index is -5.06. The minimum Gasteiger partial charge on any atom is -0.323 e. The summed E-state index contributed by atoms with van der Waals surface area (Å²) in [6.07, 6.45) is 7.11. The minimum absolute atomic E-state index is 0.292. The van der Waals surface area contributed by atoms with Gasteiger partial charge in [0.25, 0.3) is 0 Å². The molecule has 0 aliphatic heterocycles. The quantitative estimate of drug-likeness (QED) is 0.289. The van der Waals surface area contributed by atoms with Crippen LogP contribution in [0.4, 0.5) is 0 Å². The Hall–Kier alpha value is 0.260. The van der Waals surface area contributed by atoms with Crippen LogP contribution in [-0.2, 0) is 9.13 Å². The number of unbranched alkanes of at least 4 members (excludes halogenated alkanes) is 7. The predicted octanol–water partition coefficient (Wildman–Crippen LogP) is 2.49. The summed E-state index contributed by atoms with van der Waals surface area (Å²) in [7, 11) is -10.1. The van der Waals surface area contributed by atoms with Crippen molar-refractivity contribution in [1.82, 2.24) is 0 Å². The lowest BCUT2D eigenvalue weighted by atomic mass is 10.1. The van der Waals surface area contributed by atoms with Crippen LogP contribution < -0.4 is 5.73 Å². The summed E-state index contributed by atoms with van der Waals surface area (Å²) >= 11 is 0. The van der Waals surface area contributed by atoms with Gasteiger partial charge in [0.05, 0.1) is 0 Å². The molecule has 6 N–H and O–H groups in total. The first-order chi connectivity index (χ1) is 9.06. The number of hydrogen-bond donors (Lipinski definition) is 5. The van der Waals surface area contributed by atoms with E-state index in [1.807, 2.05) is 0 Å². The van der Waals surface area contributed by atoms with Crippen LogP contribution in [0.2, 0.25) is 0 Å². The zero-order chi connectivity index (χ0) is 15.9. The molecule has 20 heavy (non-hydrogen) atoms. The monoisotopic (exact) mass is 331 g/mol. The van der Waals surface area contributed by atoms with E-state index >= 15 is 0 Å². The van der Waals surface area contributed by atoms with Crippen molar-refractivity contribution < 1.29 is 28.7 Å². The molecule has 0 fully saturated rings. The van der Waals surface area contributed by atoms with Crippen LogP contribution in [0.1, 0.15) is 64.7 Å². The van der Waals surface area contributed by atoms with Gasteiger partial charge in [-0.1, -0.05) is 58.3 Å². The van der Waals surface area contributed by atoms with Crippen molar-refractivity contribution in [2.45, 2.75) is 69.7 Å². The molecule has 122 valence electrons. The highest BCUT2D eigenvalue weighted by Gasteiger charge is 2.56. The zero-order valence-corrected chi connectivity index (χ0v) is 13.7. The Bertz CT molecular complexity index is 342. The van der Waals surface area contributed by atoms with Gasteiger partial charge in [0, 0.05) is 0 Å². The third kappa shape index (κ3) is 6.35. The number of rotatable bonds is 11. The molecule has 0 aliphatic carbocycles. The van der Waals surface area contributed by atoms with Gasteiger partial charge in [-0.2, -0.15) is 0 Å². The fourth-order valence-corrected chi connectivity index (χ4v) is 4.24. The van der Waals surface area contributed by atoms with Crippen molar-refractivity contribution in [3.05, 3.63) is 0 Å². The van der Waals surface area contributed by atoms with Crippen LogP contribution in [0.15, 0.2) is 0 Å². The van der Waals surface area contributed by atoms with Crippen LogP contribution in [0.3, 0.4) is 0 Å². The lowest BCUT2D eigenvalue weighted by Gasteiger charge is -2.30. The van der Waals surface area contributed by atoms with Crippen molar-refractivity contribution in [2.24, 2.45) is 5.73 Å². The highest BCUT2D eigenvalue weighted by molar-refractivity contribution is 7.72. The van der Waals surface area contributed by atoms with Crippen LogP contribution in [0, 0.1) is 0 Å². The van der Waals surface area contributed by atoms with Gasteiger partial charge in [-0.15, -0.1) is 0 Å². The summed E-state index contributed by atoms with van der Waals surface area (Å²) < 4.78 is 22.4. The molecule has 0 aromatic heterocycles. The summed E-state index contributed by atoms with van der Waals surface area (Å²) in [6.45, 7) is 2.13. The third-order valence-electron chi connectivity index (χ3n) is 3.41. The molecule has 0 spiro atoms. The predicted molar refractivity (Wildman–Crippen MR) is 78.2 cm³/mol. The normalized spacial score (nSPS) is 13.7. The van der Waals surface area contributed by atoms with Gasteiger partial charge in [0.1, 0.15) is 0 Å². The molecule has 0 radical (unpaired) electrons. The fourth-order valence-electron chi connectivity index (χ4n) is 1.98. The Morgan fingerprint density at radius 1 is 0.800 bits per heavy atom. The van der Waals surface area contributed by atoms with Crippen LogP contribution in [0.5, 0.6) is 0 Å². The molecule has 0 bridgehead atoms. The largest absolute Gasteiger partial charge is 0.357 e. The SMILES string of the molecule is CCCCCCCCCCC(N)(P(=O)(O)O)P(=O)(O)O. The van der Waals surface area contributed by atoms with E-state index < -0.39 is 20.2 Å². The third-order valence-corrected chi connectivity index (χ3v) is 7.44. The second kappa shape index (κ2) is 8.64. The molecule has 0 unspecified atom stereocenters. The molecule has 0 heterocycles. The molecule has 0 amide bonds. The molecular formula is C11H27NO6P2. The van der Waals surface area contributed by atoms with E-state index in [-0.39, 0.29) is 6.42 Å². The van der Waals surface area contributed by atoms with E-state index in [4.69, 9.17) is 25.3 Å². The number of hydrogen-bond acceptors (Lipinski definition) is 3. The van der Waals surface area contributed by atoms with Crippen molar-refractivity contribution in [2.75, 3.05) is 0 Å². The molecule has 0 atom stereocenters. The lowest BCUT2D eigenvalue weighted by molar-refractivity contribution is 0.300. The second-order valence-electron chi connectivity index (χ2n) is 5.19. The van der Waals surface area contributed by atoms with Gasteiger partial charge in [-0.3, -0.25) is 9.13 Å². The molecule has 0 aromatic rings. The van der Waals surface area contributed by atoms with Gasteiger partial charge in [0.2, 0.25) is 5.02 Å². The van der Waals surface area contributed by atoms with E-state index in [2.05, 4.69) is 6.92 Å². The van der Waals surface area contributed by atoms with Gasteiger partial charge in [0.15, 0.2) is 0 Å². The van der Waals surface area contributed by atoms with E-state index in [1.165, 1.54) is 19.3 Å². The topological polar surface area (TPSA) is 141 Å². The summed E-state index contributed by atoms with van der Waals surface area (Å²) in [5.74, 6) is 0. The van der Waals surface area contributed by atoms with Crippen molar-refractivity contribution >= 4 is 15.2 Å². The Balaban J connectivity index is 4.14. The molecular weight excluding hydrogens is 304 g/mol. The standard InChI is InChI=1S/C11H27NO6P2/c1-2-3-4-5-6-7-8-9-10-11(12,19(13,14)15)20(16,17)18/h2-10,12H2,1H3,(H2,13,14,15)(H2,16,17,18). The first kappa shape index (κ1) is 20.3. The van der Waals surface area contributed by atoms with E-state index in [9.17, 15) is 9.13 Å². The maximum absolute atomic E-state index is 11.2. The Morgan fingerprint density at radius 2 is 1.15 bits per heavy atom. The molecule has 0 aromatic carbocycles. The van der Waals surface area contributed by atoms with Crippen molar-refractivity contribution in [3.63, 3.8) is 0 Å². The van der Waals surface area contributed by atoms with E-state index in [0.29, 0.717) is 12.8 Å². The first-order valence-electron chi connectivity index (χ1n) is 6.96. The number of nitrogens with two attached hydrogens (primary N) is 1. The van der Waals surface area contributed by atoms with Crippen molar-refractivity contribution in [1.29, 1.82) is 0 Å². The molecule has 0 saturated heterocycles. The smallest absolute Gasteiger partial charge is 0.323 e. The molecule has 0 aliphatic rings. The van der Waals surface area contributed by atoms with E-state index in [0.717, 1.165) is 19.3 Å². The van der Waals surface area contributed by atoms with Crippen LogP contribution >= 0.6 is 15.2 Å². The van der Waals surface area contributed by atoms with Gasteiger partial charge in [-0.25, -0.2) is 0 Å². The average molecular weight is 331 g/mol. The van der Waals surface area contributed by atoms with Crippen molar-refractivity contribution in [3.8, 4) is 0 Å². The maximum atomic E-state index is 11.2. The molecule has 7 nitrogen and oxygen atoms in total.